The van der Waals surface area contributed by atoms with Gasteiger partial charge in [-0.1, -0.05) is 6.42 Å². The lowest BCUT2D eigenvalue weighted by molar-refractivity contribution is 0.219. The molecule has 0 spiro atoms. The molecule has 1 unspecified atom stereocenters. The van der Waals surface area contributed by atoms with E-state index < -0.39 is 0 Å². The number of hydrogen-bond acceptors (Lipinski definition) is 2. The van der Waals surface area contributed by atoms with Gasteiger partial charge in [-0.15, -0.1) is 0 Å². The molecular formula is C10H17N3. The number of hydrogen-bond donors (Lipinski definition) is 1. The lowest BCUT2D eigenvalue weighted by atomic mass is 9.80. The number of rotatable bonds is 3. The molecule has 0 bridgehead atoms. The van der Waals surface area contributed by atoms with Crippen LogP contribution in [0.1, 0.15) is 37.9 Å². The van der Waals surface area contributed by atoms with Crippen molar-refractivity contribution in [3.63, 3.8) is 0 Å². The molecule has 1 fully saturated rings. The highest BCUT2D eigenvalue weighted by molar-refractivity contribution is 5.00. The van der Waals surface area contributed by atoms with Crippen LogP contribution in [0.2, 0.25) is 0 Å². The molecule has 1 saturated carbocycles. The second kappa shape index (κ2) is 3.50. The molecule has 1 aromatic heterocycles. The zero-order chi connectivity index (χ0) is 9.26. The molecule has 0 saturated heterocycles. The third-order valence-corrected chi connectivity index (χ3v) is 3.23. The molecular weight excluding hydrogens is 162 g/mol. The van der Waals surface area contributed by atoms with Crippen molar-refractivity contribution < 1.29 is 0 Å². The lowest BCUT2D eigenvalue weighted by Crippen LogP contribution is -2.24. The van der Waals surface area contributed by atoms with Gasteiger partial charge in [-0.3, -0.25) is 0 Å². The Morgan fingerprint density at radius 3 is 3.00 bits per heavy atom. The topological polar surface area (TPSA) is 43.8 Å². The molecule has 1 aliphatic rings. The Labute approximate surface area is 79.0 Å². The largest absolute Gasteiger partial charge is 0.330 e. The van der Waals surface area contributed by atoms with Gasteiger partial charge in [0.25, 0.3) is 0 Å². The van der Waals surface area contributed by atoms with Crippen molar-refractivity contribution in [3.8, 4) is 0 Å². The fourth-order valence-corrected chi connectivity index (χ4v) is 2.01. The third kappa shape index (κ3) is 1.48. The van der Waals surface area contributed by atoms with E-state index in [4.69, 9.17) is 5.73 Å². The van der Waals surface area contributed by atoms with Crippen LogP contribution in [-0.4, -0.2) is 9.55 Å². The van der Waals surface area contributed by atoms with Gasteiger partial charge in [0.2, 0.25) is 0 Å². The van der Waals surface area contributed by atoms with E-state index in [1.54, 1.807) is 0 Å². The normalized spacial score (nSPS) is 19.8. The quantitative estimate of drug-likeness (QED) is 0.767. The van der Waals surface area contributed by atoms with E-state index in [1.165, 1.54) is 19.3 Å². The van der Waals surface area contributed by atoms with Gasteiger partial charge in [0.1, 0.15) is 0 Å². The fraction of sp³-hybridized carbons (Fsp3) is 0.700. The van der Waals surface area contributed by atoms with Crippen LogP contribution in [0.5, 0.6) is 0 Å². The van der Waals surface area contributed by atoms with Crippen molar-refractivity contribution >= 4 is 0 Å². The lowest BCUT2D eigenvalue weighted by Gasteiger charge is -2.32. The van der Waals surface area contributed by atoms with Gasteiger partial charge in [0.05, 0.1) is 12.0 Å². The number of nitrogens with two attached hydrogens (primary N) is 1. The summed E-state index contributed by atoms with van der Waals surface area (Å²) in [5.41, 5.74) is 6.78. The van der Waals surface area contributed by atoms with E-state index in [1.807, 2.05) is 12.5 Å². The highest BCUT2D eigenvalue weighted by Crippen LogP contribution is 2.36. The van der Waals surface area contributed by atoms with Crippen molar-refractivity contribution in [2.75, 3.05) is 0 Å². The SMILES string of the molecule is CC(C1CCC1)n1cncc1CN. The van der Waals surface area contributed by atoms with E-state index in [-0.39, 0.29) is 0 Å². The van der Waals surface area contributed by atoms with Gasteiger partial charge in [-0.05, 0) is 25.7 Å². The number of aromatic nitrogens is 2. The summed E-state index contributed by atoms with van der Waals surface area (Å²) >= 11 is 0. The van der Waals surface area contributed by atoms with Crippen LogP contribution in [0.15, 0.2) is 12.5 Å². The standard InChI is InChI=1S/C10H17N3/c1-8(9-3-2-4-9)13-7-12-6-10(13)5-11/h6-9H,2-5,11H2,1H3. The van der Waals surface area contributed by atoms with Gasteiger partial charge in [0.15, 0.2) is 0 Å². The first-order valence-electron chi connectivity index (χ1n) is 5.03. The van der Waals surface area contributed by atoms with Crippen molar-refractivity contribution in [2.24, 2.45) is 11.7 Å². The number of nitrogens with zero attached hydrogens (tertiary/aromatic N) is 2. The first kappa shape index (κ1) is 8.75. The average Bonchev–Trinajstić information content (AvgIpc) is 2.47. The summed E-state index contributed by atoms with van der Waals surface area (Å²) in [7, 11) is 0. The molecule has 1 atom stereocenters. The minimum Gasteiger partial charge on any atom is -0.330 e. The Kier molecular flexibility index (Phi) is 2.36. The van der Waals surface area contributed by atoms with E-state index in [0.717, 1.165) is 11.6 Å². The predicted octanol–water partition coefficient (Wildman–Crippen LogP) is 1.70. The summed E-state index contributed by atoms with van der Waals surface area (Å²) in [4.78, 5) is 4.14. The molecule has 3 heteroatoms. The van der Waals surface area contributed by atoms with Crippen LogP contribution < -0.4 is 5.73 Å². The maximum atomic E-state index is 5.63. The zero-order valence-corrected chi connectivity index (χ0v) is 8.11. The van der Waals surface area contributed by atoms with Crippen LogP contribution in [0, 0.1) is 5.92 Å². The first-order chi connectivity index (χ1) is 6.33. The Hall–Kier alpha value is -0.830. The summed E-state index contributed by atoms with van der Waals surface area (Å²) in [5.74, 6) is 0.847. The van der Waals surface area contributed by atoms with E-state index in [2.05, 4.69) is 16.5 Å². The molecule has 0 radical (unpaired) electrons. The molecule has 72 valence electrons. The molecule has 3 nitrogen and oxygen atoms in total. The van der Waals surface area contributed by atoms with Crippen molar-refractivity contribution in [2.45, 2.75) is 38.8 Å². The second-order valence-electron chi connectivity index (χ2n) is 3.93. The molecule has 2 rings (SSSR count). The minimum absolute atomic E-state index is 0.579. The van der Waals surface area contributed by atoms with Crippen molar-refractivity contribution in [1.29, 1.82) is 0 Å². The molecule has 1 heterocycles. The first-order valence-corrected chi connectivity index (χ1v) is 5.03. The Morgan fingerprint density at radius 1 is 1.69 bits per heavy atom. The zero-order valence-electron chi connectivity index (χ0n) is 8.11. The fourth-order valence-electron chi connectivity index (χ4n) is 2.01. The molecule has 13 heavy (non-hydrogen) atoms. The van der Waals surface area contributed by atoms with Crippen LogP contribution in [0.3, 0.4) is 0 Å². The number of imidazole rings is 1. The third-order valence-electron chi connectivity index (χ3n) is 3.23. The second-order valence-corrected chi connectivity index (χ2v) is 3.93. The van der Waals surface area contributed by atoms with E-state index in [9.17, 15) is 0 Å². The molecule has 2 N–H and O–H groups in total. The highest BCUT2D eigenvalue weighted by atomic mass is 15.1. The van der Waals surface area contributed by atoms with Gasteiger partial charge < -0.3 is 10.3 Å². The summed E-state index contributed by atoms with van der Waals surface area (Å²) in [6.07, 6.45) is 7.90. The Balaban J connectivity index is 2.13. The Bertz CT molecular complexity index is 275. The average molecular weight is 179 g/mol. The van der Waals surface area contributed by atoms with E-state index >= 15 is 0 Å². The van der Waals surface area contributed by atoms with Crippen LogP contribution >= 0.6 is 0 Å². The molecule has 0 amide bonds. The van der Waals surface area contributed by atoms with Gasteiger partial charge in [0, 0.05) is 18.8 Å². The highest BCUT2D eigenvalue weighted by Gasteiger charge is 2.25. The summed E-state index contributed by atoms with van der Waals surface area (Å²) < 4.78 is 2.23. The molecule has 1 aliphatic carbocycles. The van der Waals surface area contributed by atoms with E-state index in [0.29, 0.717) is 12.6 Å². The van der Waals surface area contributed by atoms with Crippen LogP contribution in [0.4, 0.5) is 0 Å². The maximum absolute atomic E-state index is 5.63. The molecule has 1 aromatic rings. The molecule has 0 aromatic carbocycles. The minimum atomic E-state index is 0.579. The molecule has 0 aliphatic heterocycles. The van der Waals surface area contributed by atoms with Crippen molar-refractivity contribution in [1.82, 2.24) is 9.55 Å². The van der Waals surface area contributed by atoms with Gasteiger partial charge >= 0.3 is 0 Å². The summed E-state index contributed by atoms with van der Waals surface area (Å²) in [5, 5.41) is 0. The van der Waals surface area contributed by atoms with Crippen LogP contribution in [-0.2, 0) is 6.54 Å². The van der Waals surface area contributed by atoms with Crippen LogP contribution in [0.25, 0.3) is 0 Å². The van der Waals surface area contributed by atoms with Gasteiger partial charge in [-0.2, -0.15) is 0 Å². The predicted molar refractivity (Wildman–Crippen MR) is 52.2 cm³/mol. The van der Waals surface area contributed by atoms with Crippen molar-refractivity contribution in [3.05, 3.63) is 18.2 Å². The monoisotopic (exact) mass is 179 g/mol. The maximum Gasteiger partial charge on any atom is 0.0951 e. The Morgan fingerprint density at radius 2 is 2.46 bits per heavy atom. The van der Waals surface area contributed by atoms with Gasteiger partial charge in [-0.25, -0.2) is 4.98 Å². The summed E-state index contributed by atoms with van der Waals surface area (Å²) in [6, 6.07) is 0.579. The smallest absolute Gasteiger partial charge is 0.0951 e. The summed E-state index contributed by atoms with van der Waals surface area (Å²) in [6.45, 7) is 2.86.